The number of rotatable bonds is 11. The van der Waals surface area contributed by atoms with Crippen LogP contribution < -0.4 is 21.7 Å². The Labute approximate surface area is 259 Å². The lowest BCUT2D eigenvalue weighted by atomic mass is 9.79. The predicted molar refractivity (Wildman–Crippen MR) is 161 cm³/mol. The van der Waals surface area contributed by atoms with E-state index >= 15 is 0 Å². The summed E-state index contributed by atoms with van der Waals surface area (Å²) in [4.78, 5) is 81.9. The van der Waals surface area contributed by atoms with E-state index in [9.17, 15) is 28.8 Å². The third-order valence-corrected chi connectivity index (χ3v) is 9.33. The quantitative estimate of drug-likeness (QED) is 0.191. The zero-order valence-corrected chi connectivity index (χ0v) is 26.5. The molecule has 3 fully saturated rings. The minimum Gasteiger partial charge on any atom is -0.378 e. The van der Waals surface area contributed by atoms with Crippen LogP contribution in [-0.2, 0) is 28.7 Å². The highest BCUT2D eigenvalue weighted by Crippen LogP contribution is 2.40. The molecule has 4 rings (SSSR count). The van der Waals surface area contributed by atoms with Crippen molar-refractivity contribution in [3.63, 3.8) is 0 Å². The number of carbonyl (C=O) groups is 6. The van der Waals surface area contributed by atoms with Crippen molar-refractivity contribution >= 4 is 35.4 Å². The molecule has 2 saturated heterocycles. The molecule has 1 saturated carbocycles. The fraction of sp³-hybridized carbons (Fsp3) is 0.742. The van der Waals surface area contributed by atoms with E-state index in [1.807, 2.05) is 46.8 Å². The van der Waals surface area contributed by atoms with Crippen LogP contribution in [0.25, 0.3) is 0 Å². The normalized spacial score (nSPS) is 25.2. The van der Waals surface area contributed by atoms with Crippen molar-refractivity contribution in [1.29, 1.82) is 0 Å². The summed E-state index contributed by atoms with van der Waals surface area (Å²) in [7, 11) is 0. The van der Waals surface area contributed by atoms with Crippen molar-refractivity contribution in [3.05, 3.63) is 12.2 Å². The van der Waals surface area contributed by atoms with Gasteiger partial charge in [-0.05, 0) is 23.7 Å². The van der Waals surface area contributed by atoms with Gasteiger partial charge in [-0.25, -0.2) is 4.79 Å². The van der Waals surface area contributed by atoms with E-state index < -0.39 is 59.1 Å². The van der Waals surface area contributed by atoms with Crippen LogP contribution in [0.5, 0.6) is 0 Å². The Morgan fingerprint density at radius 1 is 0.955 bits per heavy atom. The lowest BCUT2D eigenvalue weighted by molar-refractivity contribution is -0.144. The van der Waals surface area contributed by atoms with Gasteiger partial charge < -0.3 is 36.2 Å². The van der Waals surface area contributed by atoms with E-state index in [4.69, 9.17) is 10.5 Å². The van der Waals surface area contributed by atoms with Gasteiger partial charge in [0.1, 0.15) is 18.1 Å². The van der Waals surface area contributed by atoms with Crippen molar-refractivity contribution in [2.45, 2.75) is 84.5 Å². The van der Waals surface area contributed by atoms with E-state index in [1.165, 1.54) is 4.90 Å². The maximum atomic E-state index is 14.2. The number of morpholine rings is 1. The third-order valence-electron chi connectivity index (χ3n) is 9.33. The molecule has 244 valence electrons. The number of fused-ring (bicyclic) bond motifs is 1. The van der Waals surface area contributed by atoms with Crippen LogP contribution in [0.1, 0.15) is 60.3 Å². The fourth-order valence-electron chi connectivity index (χ4n) is 6.36. The lowest BCUT2D eigenvalue weighted by Gasteiger charge is -2.37. The molecule has 0 bridgehead atoms. The number of carbonyl (C=O) groups excluding carboxylic acids is 6. The number of amides is 6. The molecule has 6 atom stereocenters. The van der Waals surface area contributed by atoms with Gasteiger partial charge in [0.2, 0.25) is 23.5 Å². The Bertz CT molecular complexity index is 1170. The Morgan fingerprint density at radius 3 is 2.11 bits per heavy atom. The number of hydrogen-bond donors (Lipinski definition) is 4. The highest BCUT2D eigenvalue weighted by atomic mass is 16.5. The van der Waals surface area contributed by atoms with Gasteiger partial charge in [-0.2, -0.15) is 0 Å². The molecule has 1 unspecified atom stereocenters. The highest BCUT2D eigenvalue weighted by Gasteiger charge is 2.52. The van der Waals surface area contributed by atoms with Crippen LogP contribution >= 0.6 is 0 Å². The van der Waals surface area contributed by atoms with Crippen molar-refractivity contribution < 1.29 is 33.5 Å². The molecule has 0 radical (unpaired) electrons. The molecule has 44 heavy (non-hydrogen) atoms. The molecule has 2 aliphatic heterocycles. The molecule has 13 heteroatoms. The Balaban J connectivity index is 1.49. The van der Waals surface area contributed by atoms with Gasteiger partial charge in [-0.15, -0.1) is 0 Å². The second-order valence-corrected chi connectivity index (χ2v) is 14.0. The number of primary amides is 1. The second-order valence-electron chi connectivity index (χ2n) is 14.0. The molecule has 2 heterocycles. The number of nitrogens with zero attached hydrogens (tertiary/aromatic N) is 2. The summed E-state index contributed by atoms with van der Waals surface area (Å²) >= 11 is 0. The molecular weight excluding hydrogens is 568 g/mol. The smallest absolute Gasteiger partial charge is 0.316 e. The molecule has 0 spiro atoms. The molecule has 5 N–H and O–H groups in total. The first kappa shape index (κ1) is 33.4. The van der Waals surface area contributed by atoms with Crippen LogP contribution in [0, 0.1) is 29.1 Å². The van der Waals surface area contributed by atoms with E-state index in [2.05, 4.69) is 16.0 Å². The average Bonchev–Trinajstić information content (AvgIpc) is 3.19. The predicted octanol–water partition coefficient (Wildman–Crippen LogP) is 0.326. The van der Waals surface area contributed by atoms with Gasteiger partial charge in [0, 0.05) is 31.5 Å². The summed E-state index contributed by atoms with van der Waals surface area (Å²) in [6, 6.07) is -4.45. The number of nitrogens with one attached hydrogen (secondary N) is 3. The van der Waals surface area contributed by atoms with Crippen LogP contribution in [0.15, 0.2) is 12.2 Å². The number of urea groups is 1. The number of likely N-dealkylation sites (tertiary alicyclic amines) is 1. The standard InChI is InChI=1S/C31H48N6O7/c1-17(2)22(28(41)36-11-13-44-14-12-36)34-30(43)35-25(31(3,4)5)29(42)37-16-19-9-10-20(19)23(37)27(40)33-21(24(38)26(32)39)15-18-7-6-8-18/h9-10,17-23,25H,6-8,11-16H2,1-5H3,(H2,32,39)(H,33,40)(H2,34,35,43)/t19-,20-,21?,22-,23-,25+/m0/s1. The Hall–Kier alpha value is -3.48. The van der Waals surface area contributed by atoms with Crippen LogP contribution in [0.3, 0.4) is 0 Å². The fourth-order valence-corrected chi connectivity index (χ4v) is 6.36. The molecule has 4 aliphatic rings. The average molecular weight is 617 g/mol. The molecule has 0 aromatic carbocycles. The van der Waals surface area contributed by atoms with E-state index in [-0.39, 0.29) is 36.1 Å². The largest absolute Gasteiger partial charge is 0.378 e. The van der Waals surface area contributed by atoms with Crippen molar-refractivity contribution in [3.8, 4) is 0 Å². The topological polar surface area (TPSA) is 180 Å². The maximum Gasteiger partial charge on any atom is 0.316 e. The summed E-state index contributed by atoms with van der Waals surface area (Å²) in [6.07, 6.45) is 6.99. The number of hydrogen-bond acceptors (Lipinski definition) is 7. The van der Waals surface area contributed by atoms with E-state index in [0.717, 1.165) is 19.3 Å². The first-order valence-electron chi connectivity index (χ1n) is 15.8. The van der Waals surface area contributed by atoms with Crippen LogP contribution in [0.4, 0.5) is 4.79 Å². The summed E-state index contributed by atoms with van der Waals surface area (Å²) in [5, 5.41) is 8.32. The molecule has 2 aliphatic carbocycles. The first-order chi connectivity index (χ1) is 20.7. The van der Waals surface area contributed by atoms with Crippen molar-refractivity contribution in [2.75, 3.05) is 32.8 Å². The SMILES string of the molecule is CC(C)[C@H](NC(=O)N[C@H](C(=O)N1C[C@@H]2C=C[C@@H]2[C@H]1C(=O)NC(CC1CCC1)C(=O)C(N)=O)C(C)(C)C)C(=O)N1CCOCC1. The summed E-state index contributed by atoms with van der Waals surface area (Å²) in [5.74, 6) is -3.41. The minimum absolute atomic E-state index is 0.0439. The Morgan fingerprint density at radius 2 is 1.61 bits per heavy atom. The molecule has 6 amide bonds. The van der Waals surface area contributed by atoms with Gasteiger partial charge in [0.05, 0.1) is 19.3 Å². The number of Topliss-reactive ketones (excluding diaryl/α,β-unsaturated/α-hetero) is 1. The lowest BCUT2D eigenvalue weighted by Crippen LogP contribution is -2.62. The van der Waals surface area contributed by atoms with Crippen molar-refractivity contribution in [2.24, 2.45) is 34.8 Å². The van der Waals surface area contributed by atoms with Gasteiger partial charge in [0.15, 0.2) is 0 Å². The first-order valence-corrected chi connectivity index (χ1v) is 15.8. The minimum atomic E-state index is -1.11. The summed E-state index contributed by atoms with van der Waals surface area (Å²) in [6.45, 7) is 11.1. The maximum absolute atomic E-state index is 14.2. The number of ether oxygens (including phenoxy) is 1. The Kier molecular flexibility index (Phi) is 10.4. The zero-order valence-electron chi connectivity index (χ0n) is 26.5. The van der Waals surface area contributed by atoms with Crippen LogP contribution in [-0.4, -0.2) is 102 Å². The molecule has 0 aromatic heterocycles. The zero-order chi connectivity index (χ0) is 32.3. The summed E-state index contributed by atoms with van der Waals surface area (Å²) in [5.41, 5.74) is 4.55. The van der Waals surface area contributed by atoms with E-state index in [0.29, 0.717) is 32.7 Å². The van der Waals surface area contributed by atoms with E-state index in [1.54, 1.807) is 4.90 Å². The highest BCUT2D eigenvalue weighted by molar-refractivity contribution is 6.37. The number of ketones is 1. The molecule has 0 aromatic rings. The third kappa shape index (κ3) is 7.41. The molecular formula is C31H48N6O7. The summed E-state index contributed by atoms with van der Waals surface area (Å²) < 4.78 is 5.34. The van der Waals surface area contributed by atoms with Gasteiger partial charge in [-0.3, -0.25) is 24.0 Å². The second kappa shape index (κ2) is 13.7. The molecule has 13 nitrogen and oxygen atoms in total. The van der Waals surface area contributed by atoms with Crippen LogP contribution in [0.2, 0.25) is 0 Å². The monoisotopic (exact) mass is 616 g/mol. The number of nitrogens with two attached hydrogens (primary N) is 1. The van der Waals surface area contributed by atoms with Crippen molar-refractivity contribution in [1.82, 2.24) is 25.8 Å². The van der Waals surface area contributed by atoms with Gasteiger partial charge >= 0.3 is 6.03 Å². The van der Waals surface area contributed by atoms with Gasteiger partial charge in [0.25, 0.3) is 5.91 Å². The van der Waals surface area contributed by atoms with Gasteiger partial charge in [-0.1, -0.05) is 66.0 Å².